The van der Waals surface area contributed by atoms with E-state index in [0.717, 1.165) is 0 Å². The van der Waals surface area contributed by atoms with E-state index < -0.39 is 24.5 Å². The van der Waals surface area contributed by atoms with Crippen LogP contribution in [0.1, 0.15) is 6.23 Å². The molecule has 0 bridgehead atoms. The first-order valence-corrected chi connectivity index (χ1v) is 9.02. The Labute approximate surface area is 167 Å². The van der Waals surface area contributed by atoms with E-state index in [1.54, 1.807) is 18.2 Å². The van der Waals surface area contributed by atoms with Crippen molar-refractivity contribution in [1.82, 2.24) is 24.5 Å². The fraction of sp³-hybridized carbons (Fsp3) is 0.294. The molecule has 0 aliphatic carbocycles. The summed E-state index contributed by atoms with van der Waals surface area (Å²) in [4.78, 5) is 16.3. The maximum absolute atomic E-state index is 10.5. The Balaban J connectivity index is 1.34. The minimum Gasteiger partial charge on any atom is -0.447 e. The number of nitrogen functional groups attached to an aromatic ring is 1. The number of aliphatic hydroxyl groups excluding tert-OH is 2. The molecular weight excluding hydrogens is 404 g/mol. The molecule has 0 saturated carbocycles. The van der Waals surface area contributed by atoms with Crippen molar-refractivity contribution in [3.05, 3.63) is 35.9 Å². The first-order valence-electron chi connectivity index (χ1n) is 8.65. The predicted octanol–water partition coefficient (Wildman–Crippen LogP) is 0.901. The maximum Gasteiger partial charge on any atom is 0.394 e. The second-order valence-corrected chi connectivity index (χ2v) is 6.97. The molecule has 11 nitrogen and oxygen atoms in total. The van der Waals surface area contributed by atoms with Crippen molar-refractivity contribution >= 4 is 39.7 Å². The number of fused-ring (bicyclic) bond motifs is 2. The van der Waals surface area contributed by atoms with Crippen molar-refractivity contribution in [2.24, 2.45) is 0 Å². The van der Waals surface area contributed by atoms with Gasteiger partial charge in [-0.25, -0.2) is 15.0 Å². The summed E-state index contributed by atoms with van der Waals surface area (Å²) >= 11 is 5.93. The third kappa shape index (κ3) is 3.04. The highest BCUT2D eigenvalue weighted by atomic mass is 35.5. The van der Waals surface area contributed by atoms with Crippen LogP contribution in [0.2, 0.25) is 5.02 Å². The van der Waals surface area contributed by atoms with E-state index in [2.05, 4.69) is 19.9 Å². The van der Waals surface area contributed by atoms with Gasteiger partial charge in [-0.05, 0) is 18.2 Å². The SMILES string of the molecule is Nc1ncnc2c1ncn2[C@@H]1O[C@H](COc2nc3cc(Cl)ccc3o2)[C@@H](O)[C@H]1O. The molecule has 4 atom stereocenters. The number of aliphatic hydroxyl groups is 2. The molecule has 150 valence electrons. The molecule has 0 unspecified atom stereocenters. The zero-order chi connectivity index (χ0) is 20.1. The second-order valence-electron chi connectivity index (χ2n) is 6.53. The van der Waals surface area contributed by atoms with Gasteiger partial charge < -0.3 is 29.8 Å². The number of oxazole rings is 1. The summed E-state index contributed by atoms with van der Waals surface area (Å²) in [6.07, 6.45) is -1.51. The molecule has 1 aromatic carbocycles. The first kappa shape index (κ1) is 18.1. The van der Waals surface area contributed by atoms with Crippen LogP contribution in [0.5, 0.6) is 6.08 Å². The molecule has 4 N–H and O–H groups in total. The fourth-order valence-electron chi connectivity index (χ4n) is 3.25. The molecule has 1 aliphatic rings. The third-order valence-corrected chi connectivity index (χ3v) is 4.93. The lowest BCUT2D eigenvalue weighted by Gasteiger charge is -2.16. The average molecular weight is 419 g/mol. The summed E-state index contributed by atoms with van der Waals surface area (Å²) in [5.74, 6) is 0.206. The van der Waals surface area contributed by atoms with Gasteiger partial charge in [0.15, 0.2) is 23.3 Å². The molecule has 3 aromatic heterocycles. The smallest absolute Gasteiger partial charge is 0.394 e. The normalized spacial score (nSPS) is 24.5. The van der Waals surface area contributed by atoms with Crippen molar-refractivity contribution in [3.8, 4) is 6.08 Å². The van der Waals surface area contributed by atoms with Gasteiger partial charge in [0, 0.05) is 5.02 Å². The molecule has 0 spiro atoms. The quantitative estimate of drug-likeness (QED) is 0.435. The maximum atomic E-state index is 10.5. The largest absolute Gasteiger partial charge is 0.447 e. The second kappa shape index (κ2) is 6.81. The summed E-state index contributed by atoms with van der Waals surface area (Å²) in [5.41, 5.74) is 7.60. The lowest BCUT2D eigenvalue weighted by atomic mass is 10.1. The molecule has 1 aliphatic heterocycles. The number of hydrogen-bond acceptors (Lipinski definition) is 10. The number of nitrogens with two attached hydrogens (primary N) is 1. The topological polar surface area (TPSA) is 155 Å². The summed E-state index contributed by atoms with van der Waals surface area (Å²) in [6.45, 7) is -0.0982. The Morgan fingerprint density at radius 2 is 2.07 bits per heavy atom. The van der Waals surface area contributed by atoms with E-state index in [9.17, 15) is 10.2 Å². The monoisotopic (exact) mass is 418 g/mol. The van der Waals surface area contributed by atoms with Gasteiger partial charge in [-0.15, -0.1) is 0 Å². The number of halogens is 1. The van der Waals surface area contributed by atoms with Crippen LogP contribution in [0.4, 0.5) is 5.82 Å². The Bertz CT molecular complexity index is 1200. The summed E-state index contributed by atoms with van der Waals surface area (Å²) in [7, 11) is 0. The van der Waals surface area contributed by atoms with Gasteiger partial charge in [0.1, 0.15) is 42.3 Å². The highest BCUT2D eigenvalue weighted by Crippen LogP contribution is 2.32. The molecule has 1 fully saturated rings. The van der Waals surface area contributed by atoms with E-state index in [-0.39, 0.29) is 18.5 Å². The number of imidazole rings is 1. The molecule has 4 aromatic rings. The van der Waals surface area contributed by atoms with Crippen LogP contribution in [0.25, 0.3) is 22.3 Å². The highest BCUT2D eigenvalue weighted by Gasteiger charge is 2.45. The van der Waals surface area contributed by atoms with E-state index in [1.165, 1.54) is 17.2 Å². The van der Waals surface area contributed by atoms with Gasteiger partial charge >= 0.3 is 6.08 Å². The minimum absolute atomic E-state index is 0.00426. The number of anilines is 1. The Hall–Kier alpha value is -2.99. The molecule has 4 heterocycles. The van der Waals surface area contributed by atoms with Crippen LogP contribution < -0.4 is 10.5 Å². The van der Waals surface area contributed by atoms with E-state index in [1.807, 2.05) is 0 Å². The van der Waals surface area contributed by atoms with Gasteiger partial charge in [0.25, 0.3) is 0 Å². The number of hydrogen-bond donors (Lipinski definition) is 3. The number of rotatable bonds is 4. The van der Waals surface area contributed by atoms with Crippen LogP contribution in [0, 0.1) is 0 Å². The van der Waals surface area contributed by atoms with Crippen molar-refractivity contribution in [2.75, 3.05) is 12.3 Å². The van der Waals surface area contributed by atoms with Crippen LogP contribution >= 0.6 is 11.6 Å². The Kier molecular flexibility index (Phi) is 4.24. The van der Waals surface area contributed by atoms with E-state index >= 15 is 0 Å². The van der Waals surface area contributed by atoms with Crippen LogP contribution in [-0.4, -0.2) is 59.6 Å². The molecule has 29 heavy (non-hydrogen) atoms. The van der Waals surface area contributed by atoms with Crippen LogP contribution in [0.3, 0.4) is 0 Å². The molecule has 5 rings (SSSR count). The predicted molar refractivity (Wildman–Crippen MR) is 100 cm³/mol. The number of ether oxygens (including phenoxy) is 2. The van der Waals surface area contributed by atoms with Crippen LogP contribution in [-0.2, 0) is 4.74 Å². The lowest BCUT2D eigenvalue weighted by Crippen LogP contribution is -2.34. The van der Waals surface area contributed by atoms with Gasteiger partial charge in [0.2, 0.25) is 0 Å². The van der Waals surface area contributed by atoms with Gasteiger partial charge in [-0.1, -0.05) is 11.6 Å². The van der Waals surface area contributed by atoms with Crippen LogP contribution in [0.15, 0.2) is 35.3 Å². The first-order chi connectivity index (χ1) is 14.0. The van der Waals surface area contributed by atoms with Crippen molar-refractivity contribution < 1.29 is 24.1 Å². The van der Waals surface area contributed by atoms with E-state index in [4.69, 9.17) is 31.2 Å². The molecule has 0 amide bonds. The Morgan fingerprint density at radius 1 is 1.21 bits per heavy atom. The van der Waals surface area contributed by atoms with Crippen molar-refractivity contribution in [3.63, 3.8) is 0 Å². The zero-order valence-electron chi connectivity index (χ0n) is 14.7. The molecule has 12 heteroatoms. The fourth-order valence-corrected chi connectivity index (χ4v) is 3.41. The minimum atomic E-state index is -1.24. The molecule has 1 saturated heterocycles. The summed E-state index contributed by atoms with van der Waals surface area (Å²) < 4.78 is 18.3. The van der Waals surface area contributed by atoms with Gasteiger partial charge in [0.05, 0.1) is 6.33 Å². The standard InChI is InChI=1S/C17H15ClN6O5/c18-7-1-2-9-8(3-7)23-17(29-9)27-4-10-12(25)13(26)16(28-10)24-6-22-11-14(19)20-5-21-15(11)24/h1-3,5-6,10,12-13,16,25-26H,4H2,(H2,19,20,21)/t10-,12-,13-,16-/m1/s1. The lowest BCUT2D eigenvalue weighted by molar-refractivity contribution is -0.0502. The van der Waals surface area contributed by atoms with Gasteiger partial charge in [-0.3, -0.25) is 4.57 Å². The average Bonchev–Trinajstić information content (AvgIpc) is 3.38. The summed E-state index contributed by atoms with van der Waals surface area (Å²) in [5, 5.41) is 21.4. The number of aromatic nitrogens is 5. The van der Waals surface area contributed by atoms with Crippen molar-refractivity contribution in [1.29, 1.82) is 0 Å². The number of benzene rings is 1. The van der Waals surface area contributed by atoms with E-state index in [0.29, 0.717) is 27.3 Å². The highest BCUT2D eigenvalue weighted by molar-refractivity contribution is 6.31. The number of nitrogens with zero attached hydrogens (tertiary/aromatic N) is 5. The zero-order valence-corrected chi connectivity index (χ0v) is 15.5. The third-order valence-electron chi connectivity index (χ3n) is 4.70. The molecule has 0 radical (unpaired) electrons. The van der Waals surface area contributed by atoms with Crippen molar-refractivity contribution in [2.45, 2.75) is 24.5 Å². The van der Waals surface area contributed by atoms with Gasteiger partial charge in [-0.2, -0.15) is 4.98 Å². The summed E-state index contributed by atoms with van der Waals surface area (Å²) in [6, 6.07) is 5.00. The Morgan fingerprint density at radius 3 is 2.93 bits per heavy atom. The molecular formula is C17H15ClN6O5.